The summed E-state index contributed by atoms with van der Waals surface area (Å²) in [6.07, 6.45) is 10.0. The van der Waals surface area contributed by atoms with E-state index in [1.54, 1.807) is 0 Å². The predicted octanol–water partition coefficient (Wildman–Crippen LogP) is 16.3. The summed E-state index contributed by atoms with van der Waals surface area (Å²) in [6.45, 7) is 27.5. The van der Waals surface area contributed by atoms with Crippen LogP contribution in [0.4, 0.5) is 0 Å². The van der Waals surface area contributed by atoms with Crippen LogP contribution in [0.5, 0.6) is 0 Å². The summed E-state index contributed by atoms with van der Waals surface area (Å²) < 4.78 is 1.42. The van der Waals surface area contributed by atoms with Gasteiger partial charge in [-0.1, -0.05) is 114 Å². The van der Waals surface area contributed by atoms with Crippen LogP contribution >= 0.6 is 0 Å². The second-order valence-corrected chi connectivity index (χ2v) is 21.6. The van der Waals surface area contributed by atoms with E-state index in [-0.39, 0.29) is 21.7 Å². The molecule has 1 aliphatic carbocycles. The van der Waals surface area contributed by atoms with Crippen molar-refractivity contribution in [2.45, 2.75) is 111 Å². The van der Waals surface area contributed by atoms with Gasteiger partial charge in [0, 0.05) is 0 Å². The Hall–Kier alpha value is -4.58. The average Bonchev–Trinajstić information content (AvgIpc) is 3.91. The van der Waals surface area contributed by atoms with Gasteiger partial charge in [-0.25, -0.2) is 12.2 Å². The maximum atomic E-state index is 2.99. The molecule has 0 saturated carbocycles. The topological polar surface area (TPSA) is 0 Å². The second kappa shape index (κ2) is 18.2. The number of rotatable bonds is 4. The van der Waals surface area contributed by atoms with Crippen molar-refractivity contribution < 1.29 is 24.2 Å². The minimum Gasteiger partial charge on any atom is -0.273 e. The molecule has 1 heteroatoms. The molecule has 8 rings (SSSR count). The van der Waals surface area contributed by atoms with Crippen LogP contribution in [0, 0.1) is 6.08 Å². The second-order valence-electron chi connectivity index (χ2n) is 20.4. The molecule has 0 unspecified atom stereocenters. The molecule has 1 aliphatic rings. The zero-order chi connectivity index (χ0) is 43.5. The summed E-state index contributed by atoms with van der Waals surface area (Å²) in [4.78, 5) is 0. The molecule has 0 saturated heterocycles. The summed E-state index contributed by atoms with van der Waals surface area (Å²) in [5.41, 5.74) is 14.1. The van der Waals surface area contributed by atoms with Crippen molar-refractivity contribution in [3.8, 4) is 22.3 Å². The number of benzene rings is 6. The van der Waals surface area contributed by atoms with Gasteiger partial charge in [0.05, 0.1) is 0 Å². The third-order valence-electron chi connectivity index (χ3n) is 11.4. The molecule has 0 nitrogen and oxygen atoms in total. The molecule has 0 heterocycles. The Morgan fingerprint density at radius 1 is 0.483 bits per heavy atom. The van der Waals surface area contributed by atoms with Crippen molar-refractivity contribution in [2.75, 3.05) is 0 Å². The van der Waals surface area contributed by atoms with Crippen molar-refractivity contribution in [3.63, 3.8) is 0 Å². The van der Waals surface area contributed by atoms with Gasteiger partial charge in [-0.05, 0) is 44.2 Å². The Morgan fingerprint density at radius 3 is 1.15 bits per heavy atom. The van der Waals surface area contributed by atoms with Gasteiger partial charge in [0.15, 0.2) is 0 Å². The summed E-state index contributed by atoms with van der Waals surface area (Å²) in [5.74, 6) is 0. The van der Waals surface area contributed by atoms with Crippen molar-refractivity contribution in [1.82, 2.24) is 0 Å². The van der Waals surface area contributed by atoms with Crippen molar-refractivity contribution in [2.24, 2.45) is 0 Å². The molecule has 0 radical (unpaired) electrons. The summed E-state index contributed by atoms with van der Waals surface area (Å²) in [5, 5.41) is 5.36. The first-order valence-corrected chi connectivity index (χ1v) is 22.8. The SMILES string of the molecule is CC(C)(C)c1cc2c(cc1-c1ccccc1)[cH-]c1cc(-c3ccccc3)c(C(C)(C)C)cc12.CC(C)(C)c1ccc([C](=[Zr+2])c2ccc(C(C)(C)C)cc2)cc1.[C-]1=CC=CC1. The fraction of sp³-hybridized carbons (Fsp3) is 0.288. The van der Waals surface area contributed by atoms with E-state index in [0.717, 1.165) is 6.42 Å². The monoisotopic (exact) mass is 862 g/mol. The van der Waals surface area contributed by atoms with Crippen LogP contribution in [0.2, 0.25) is 0 Å². The number of hydrogen-bond acceptors (Lipinski definition) is 0. The van der Waals surface area contributed by atoms with E-state index in [4.69, 9.17) is 0 Å². The van der Waals surface area contributed by atoms with Crippen LogP contribution in [0.3, 0.4) is 0 Å². The van der Waals surface area contributed by atoms with E-state index in [2.05, 4.69) is 235 Å². The van der Waals surface area contributed by atoms with Crippen LogP contribution in [0.15, 0.2) is 158 Å². The molecule has 0 aliphatic heterocycles. The summed E-state index contributed by atoms with van der Waals surface area (Å²) in [7, 11) is 0. The van der Waals surface area contributed by atoms with Gasteiger partial charge in [0.2, 0.25) is 0 Å². The minimum atomic E-state index is 0.0554. The number of allylic oxidation sites excluding steroid dienone is 4. The molecule has 7 aromatic carbocycles. The largest absolute Gasteiger partial charge is 0.273 e. The normalized spacial score (nSPS) is 12.9. The molecule has 0 aromatic heterocycles. The van der Waals surface area contributed by atoms with Crippen molar-refractivity contribution >= 4 is 24.8 Å². The molecule has 60 heavy (non-hydrogen) atoms. The average molecular weight is 864 g/mol. The molecular formula is C59H64Zr. The summed E-state index contributed by atoms with van der Waals surface area (Å²) in [6, 6.07) is 51.9. The molecule has 0 atom stereocenters. The Balaban J connectivity index is 0.000000192. The predicted molar refractivity (Wildman–Crippen MR) is 260 cm³/mol. The van der Waals surface area contributed by atoms with Crippen molar-refractivity contribution in [1.29, 1.82) is 0 Å². The van der Waals surface area contributed by atoms with Crippen LogP contribution in [0.1, 0.15) is 123 Å². The maximum absolute atomic E-state index is 2.99. The van der Waals surface area contributed by atoms with Crippen molar-refractivity contribution in [3.05, 3.63) is 197 Å². The van der Waals surface area contributed by atoms with Crippen LogP contribution in [-0.2, 0) is 45.9 Å². The Bertz CT molecular complexity index is 2420. The van der Waals surface area contributed by atoms with Gasteiger partial charge in [-0.15, -0.1) is 46.2 Å². The zero-order valence-corrected chi connectivity index (χ0v) is 40.7. The van der Waals surface area contributed by atoms with Crippen LogP contribution in [0.25, 0.3) is 43.8 Å². The first-order chi connectivity index (χ1) is 28.2. The van der Waals surface area contributed by atoms with E-state index in [0.29, 0.717) is 0 Å². The van der Waals surface area contributed by atoms with E-state index in [1.807, 2.05) is 12.2 Å². The Kier molecular flexibility index (Phi) is 13.6. The first-order valence-electron chi connectivity index (χ1n) is 21.6. The van der Waals surface area contributed by atoms with E-state index in [1.165, 1.54) is 105 Å². The molecule has 0 N–H and O–H groups in total. The van der Waals surface area contributed by atoms with Gasteiger partial charge in [0.25, 0.3) is 0 Å². The molecule has 304 valence electrons. The zero-order valence-electron chi connectivity index (χ0n) is 38.2. The van der Waals surface area contributed by atoms with E-state index < -0.39 is 0 Å². The molecule has 0 amide bonds. The number of fused-ring (bicyclic) bond motifs is 3. The Labute approximate surface area is 377 Å². The van der Waals surface area contributed by atoms with E-state index >= 15 is 0 Å². The molecule has 0 fully saturated rings. The van der Waals surface area contributed by atoms with Crippen LogP contribution < -0.4 is 0 Å². The van der Waals surface area contributed by atoms with Gasteiger partial charge in [0.1, 0.15) is 0 Å². The third-order valence-corrected chi connectivity index (χ3v) is 12.9. The quantitative estimate of drug-likeness (QED) is 0.155. The standard InChI is InChI=1S/C33H33.C21H26.C5H5.Zr/c1-32(2,3)30-20-26-24(18-28(30)22-13-9-7-10-14-22)17-25-19-29(23-15-11-8-12-16-23)31(21-27(25)26)33(4,5)6;1-20(2,3)18-11-7-16(8-12-18)15-17-9-13-19(14-10-17)21(4,5)6;1-2-4-5-3-1;/h7-21H,1-6H3;7-14H,1-6H3;1-3H,4H2;/q-1;;-1;+2. The van der Waals surface area contributed by atoms with Gasteiger partial charge in [-0.2, -0.15) is 6.08 Å². The fourth-order valence-electron chi connectivity index (χ4n) is 7.84. The molecular weight excluding hydrogens is 800 g/mol. The Morgan fingerprint density at radius 2 is 0.867 bits per heavy atom. The molecule has 7 aromatic rings. The van der Waals surface area contributed by atoms with Gasteiger partial charge < -0.3 is 0 Å². The molecule has 0 spiro atoms. The molecule has 0 bridgehead atoms. The van der Waals surface area contributed by atoms with Crippen LogP contribution in [-0.4, -0.2) is 3.21 Å². The fourth-order valence-corrected chi connectivity index (χ4v) is 8.66. The van der Waals surface area contributed by atoms with Gasteiger partial charge >= 0.3 is 151 Å². The summed E-state index contributed by atoms with van der Waals surface area (Å²) >= 11 is 1.46. The minimum absolute atomic E-state index is 0.0554. The van der Waals surface area contributed by atoms with Gasteiger partial charge in [-0.3, -0.25) is 6.08 Å². The number of hydrogen-bond donors (Lipinski definition) is 0. The smallest absolute Gasteiger partial charge is 0.109 e. The first kappa shape index (κ1) is 45.0. The van der Waals surface area contributed by atoms with E-state index in [9.17, 15) is 0 Å². The maximum Gasteiger partial charge on any atom is -0.109 e. The third kappa shape index (κ3) is 10.8.